The molecular formula is C17H19ClN2O3S2. The third kappa shape index (κ3) is 4.40. The highest BCUT2D eigenvalue weighted by Gasteiger charge is 2.26. The smallest absolute Gasteiger partial charge is 0.223 e. The fraction of sp³-hybridized carbons (Fsp3) is 0.412. The molecule has 0 radical (unpaired) electrons. The molecule has 1 saturated heterocycles. The topological polar surface area (TPSA) is 67.3 Å². The Morgan fingerprint density at radius 2 is 2.00 bits per heavy atom. The quantitative estimate of drug-likeness (QED) is 0.774. The van der Waals surface area contributed by atoms with Crippen LogP contribution in [0.15, 0.2) is 40.7 Å². The Morgan fingerprint density at radius 1 is 1.28 bits per heavy atom. The summed E-state index contributed by atoms with van der Waals surface area (Å²) in [6.45, 7) is 1.30. The molecule has 0 aliphatic carbocycles. The summed E-state index contributed by atoms with van der Waals surface area (Å²) >= 11 is 7.60. The Morgan fingerprint density at radius 3 is 2.64 bits per heavy atom. The van der Waals surface area contributed by atoms with E-state index < -0.39 is 9.84 Å². The maximum absolute atomic E-state index is 12.4. The number of aromatic nitrogens is 1. The summed E-state index contributed by atoms with van der Waals surface area (Å²) in [4.78, 5) is 18.6. The predicted molar refractivity (Wildman–Crippen MR) is 98.8 cm³/mol. The molecule has 1 amide bonds. The van der Waals surface area contributed by atoms with Gasteiger partial charge in [-0.3, -0.25) is 4.79 Å². The lowest BCUT2D eigenvalue weighted by Gasteiger charge is -2.31. The van der Waals surface area contributed by atoms with Crippen molar-refractivity contribution < 1.29 is 13.2 Å². The second kappa shape index (κ2) is 7.85. The van der Waals surface area contributed by atoms with Gasteiger partial charge >= 0.3 is 0 Å². The van der Waals surface area contributed by atoms with Gasteiger partial charge in [0.25, 0.3) is 0 Å². The van der Waals surface area contributed by atoms with E-state index in [1.165, 1.54) is 6.07 Å². The van der Waals surface area contributed by atoms with Crippen molar-refractivity contribution in [1.29, 1.82) is 0 Å². The number of likely N-dealkylation sites (tertiary alicyclic amines) is 1. The van der Waals surface area contributed by atoms with E-state index >= 15 is 0 Å². The fourth-order valence-electron chi connectivity index (χ4n) is 3.00. The van der Waals surface area contributed by atoms with Crippen LogP contribution in [0.4, 0.5) is 0 Å². The summed E-state index contributed by atoms with van der Waals surface area (Å²) in [6, 6.07) is 6.32. The van der Waals surface area contributed by atoms with Gasteiger partial charge in [-0.05, 0) is 25.0 Å². The Balaban J connectivity index is 1.54. The number of hydrogen-bond donors (Lipinski definition) is 0. The molecule has 1 aliphatic heterocycles. The minimum Gasteiger partial charge on any atom is -0.343 e. The first kappa shape index (κ1) is 18.4. The minimum atomic E-state index is -3.56. The standard InChI is InChI=1S/C17H19ClN2O3S2/c18-14-3-1-2-4-15(14)25(22,23)12-7-16(21)20-9-5-13(6-10-20)17-19-8-11-24-17/h1-4,8,11,13H,5-7,9-10,12H2. The summed E-state index contributed by atoms with van der Waals surface area (Å²) < 4.78 is 24.8. The molecule has 0 atom stereocenters. The highest BCUT2D eigenvalue weighted by Crippen LogP contribution is 2.29. The molecule has 3 rings (SSSR count). The van der Waals surface area contributed by atoms with Crippen LogP contribution in [0.3, 0.4) is 0 Å². The predicted octanol–water partition coefficient (Wildman–Crippen LogP) is 3.37. The fourth-order valence-corrected chi connectivity index (χ4v) is 5.61. The van der Waals surface area contributed by atoms with Gasteiger partial charge in [0.1, 0.15) is 0 Å². The zero-order valence-electron chi connectivity index (χ0n) is 13.6. The lowest BCUT2D eigenvalue weighted by molar-refractivity contribution is -0.131. The number of carbonyl (C=O) groups excluding carboxylic acids is 1. The Bertz CT molecular complexity index is 829. The van der Waals surface area contributed by atoms with Crippen LogP contribution in [0.2, 0.25) is 5.02 Å². The number of rotatable bonds is 5. The van der Waals surface area contributed by atoms with Crippen LogP contribution in [-0.4, -0.2) is 43.1 Å². The monoisotopic (exact) mass is 398 g/mol. The first-order valence-corrected chi connectivity index (χ1v) is 11.0. The SMILES string of the molecule is O=C(CCS(=O)(=O)c1ccccc1Cl)N1CCC(c2nccs2)CC1. The average molecular weight is 399 g/mol. The Hall–Kier alpha value is -1.44. The second-order valence-electron chi connectivity index (χ2n) is 6.02. The number of hydrogen-bond acceptors (Lipinski definition) is 5. The van der Waals surface area contributed by atoms with Gasteiger partial charge in [-0.25, -0.2) is 13.4 Å². The largest absolute Gasteiger partial charge is 0.343 e. The third-order valence-corrected chi connectivity index (χ3v) is 7.55. The third-order valence-electron chi connectivity index (χ3n) is 4.40. The maximum Gasteiger partial charge on any atom is 0.223 e. The molecule has 1 aromatic heterocycles. The molecule has 0 saturated carbocycles. The molecule has 2 heterocycles. The van der Waals surface area contributed by atoms with E-state index in [2.05, 4.69) is 4.98 Å². The number of benzene rings is 1. The van der Waals surface area contributed by atoms with Crippen LogP contribution in [0, 0.1) is 0 Å². The van der Waals surface area contributed by atoms with Gasteiger partial charge in [-0.15, -0.1) is 11.3 Å². The molecule has 2 aromatic rings. The summed E-state index contributed by atoms with van der Waals surface area (Å²) in [5, 5.41) is 3.28. The van der Waals surface area contributed by atoms with Crippen molar-refractivity contribution in [2.45, 2.75) is 30.1 Å². The highest BCUT2D eigenvalue weighted by molar-refractivity contribution is 7.91. The summed E-state index contributed by atoms with van der Waals surface area (Å²) in [7, 11) is -3.56. The van der Waals surface area contributed by atoms with E-state index in [0.717, 1.165) is 17.8 Å². The molecule has 0 N–H and O–H groups in total. The minimum absolute atomic E-state index is 0.0184. The van der Waals surface area contributed by atoms with Crippen molar-refractivity contribution in [1.82, 2.24) is 9.88 Å². The van der Waals surface area contributed by atoms with Crippen LogP contribution < -0.4 is 0 Å². The van der Waals surface area contributed by atoms with E-state index in [1.807, 2.05) is 5.38 Å². The normalized spacial score (nSPS) is 16.1. The van der Waals surface area contributed by atoms with E-state index in [0.29, 0.717) is 19.0 Å². The van der Waals surface area contributed by atoms with Gasteiger partial charge in [0.05, 0.1) is 20.7 Å². The van der Waals surface area contributed by atoms with Crippen LogP contribution in [0.1, 0.15) is 30.2 Å². The lowest BCUT2D eigenvalue weighted by atomic mass is 9.97. The number of halogens is 1. The number of sulfone groups is 1. The molecule has 1 aromatic carbocycles. The number of carbonyl (C=O) groups is 1. The van der Waals surface area contributed by atoms with Crippen LogP contribution >= 0.6 is 22.9 Å². The summed E-state index contributed by atoms with van der Waals surface area (Å²) in [5.74, 6) is 0.0613. The van der Waals surface area contributed by atoms with Gasteiger partial charge in [-0.2, -0.15) is 0 Å². The van der Waals surface area contributed by atoms with Gasteiger partial charge in [0.15, 0.2) is 9.84 Å². The van der Waals surface area contributed by atoms with Crippen LogP contribution in [0.25, 0.3) is 0 Å². The number of thiazole rings is 1. The average Bonchev–Trinajstić information content (AvgIpc) is 3.15. The van der Waals surface area contributed by atoms with Crippen molar-refractivity contribution >= 4 is 38.7 Å². The molecule has 8 heteroatoms. The molecule has 25 heavy (non-hydrogen) atoms. The van der Waals surface area contributed by atoms with Crippen molar-refractivity contribution in [3.63, 3.8) is 0 Å². The van der Waals surface area contributed by atoms with Gasteiger partial charge in [0.2, 0.25) is 5.91 Å². The zero-order valence-corrected chi connectivity index (χ0v) is 16.0. The molecular weight excluding hydrogens is 380 g/mol. The molecule has 134 valence electrons. The second-order valence-corrected chi connectivity index (χ2v) is 9.44. The number of nitrogens with zero attached hydrogens (tertiary/aromatic N) is 2. The zero-order chi connectivity index (χ0) is 17.9. The van der Waals surface area contributed by atoms with Crippen molar-refractivity contribution in [3.8, 4) is 0 Å². The first-order chi connectivity index (χ1) is 12.0. The van der Waals surface area contributed by atoms with E-state index in [-0.39, 0.29) is 28.0 Å². The number of piperidine rings is 1. The summed E-state index contributed by atoms with van der Waals surface area (Å²) in [5.41, 5.74) is 0. The van der Waals surface area contributed by atoms with Crippen molar-refractivity contribution in [2.75, 3.05) is 18.8 Å². The van der Waals surface area contributed by atoms with Crippen LogP contribution in [0.5, 0.6) is 0 Å². The highest BCUT2D eigenvalue weighted by atomic mass is 35.5. The first-order valence-electron chi connectivity index (χ1n) is 8.12. The molecule has 0 bridgehead atoms. The number of amides is 1. The van der Waals surface area contributed by atoms with E-state index in [4.69, 9.17) is 11.6 Å². The lowest BCUT2D eigenvalue weighted by Crippen LogP contribution is -2.38. The van der Waals surface area contributed by atoms with Gasteiger partial charge < -0.3 is 4.90 Å². The van der Waals surface area contributed by atoms with Crippen molar-refractivity contribution in [3.05, 3.63) is 45.9 Å². The molecule has 5 nitrogen and oxygen atoms in total. The van der Waals surface area contributed by atoms with E-state index in [1.54, 1.807) is 40.6 Å². The van der Waals surface area contributed by atoms with Crippen LogP contribution in [-0.2, 0) is 14.6 Å². The van der Waals surface area contributed by atoms with Crippen molar-refractivity contribution in [2.24, 2.45) is 0 Å². The Kier molecular flexibility index (Phi) is 5.76. The summed E-state index contributed by atoms with van der Waals surface area (Å²) in [6.07, 6.45) is 3.53. The Labute approximate surface area is 156 Å². The van der Waals surface area contributed by atoms with E-state index in [9.17, 15) is 13.2 Å². The molecule has 0 spiro atoms. The van der Waals surface area contributed by atoms with Gasteiger partial charge in [-0.1, -0.05) is 23.7 Å². The molecule has 1 fully saturated rings. The maximum atomic E-state index is 12.4. The molecule has 1 aliphatic rings. The van der Waals surface area contributed by atoms with Gasteiger partial charge in [0, 0.05) is 37.0 Å². The molecule has 0 unspecified atom stereocenters.